The fraction of sp³-hybridized carbons (Fsp3) is 0.404. The summed E-state index contributed by atoms with van der Waals surface area (Å²) in [5.74, 6) is 2.05. The molecule has 0 fully saturated rings. The van der Waals surface area contributed by atoms with Crippen LogP contribution >= 0.6 is 22.7 Å². The van der Waals surface area contributed by atoms with Gasteiger partial charge in [-0.1, -0.05) is 303 Å². The standard InChI is InChI=1S/C89H103N3S2/c1-7-11-15-19-23-33-53-88(54-34-24-20-16-12-8-2)78-57-64(5)41-46-74(78)75-47-43-68(61-79(75)88)71-58-72(60-73(59-71)87-91-85(66-37-29-27-30-38-66)90-86(92-87)67-39-31-28-32-40-67)69-44-48-76-77-49-45-70(82-51-52-84(94-82)83-50-42-65(6)93-83)63-81(77)89(80(76)62-69,55-35-25-21-17-13-9-3)56-36-26-22-18-14-10-4/h27-32,37-52,57-63H,7-26,33-36,53-56H2,1-6H3. The zero-order valence-electron chi connectivity index (χ0n) is 57.7. The van der Waals surface area contributed by atoms with Crippen molar-refractivity contribution in [2.45, 2.75) is 232 Å². The molecule has 0 N–H and O–H groups in total. The van der Waals surface area contributed by atoms with E-state index < -0.39 is 0 Å². The van der Waals surface area contributed by atoms with Crippen LogP contribution in [0.3, 0.4) is 0 Å². The Morgan fingerprint density at radius 3 is 1.03 bits per heavy atom. The summed E-state index contributed by atoms with van der Waals surface area (Å²) in [4.78, 5) is 21.6. The van der Waals surface area contributed by atoms with E-state index in [0.29, 0.717) is 17.5 Å². The Hall–Kier alpha value is -7.05. The second-order valence-electron chi connectivity index (χ2n) is 28.0. The normalized spacial score (nSPS) is 13.3. The van der Waals surface area contributed by atoms with Crippen molar-refractivity contribution < 1.29 is 0 Å². The Kier molecular flexibility index (Phi) is 22.9. The molecule has 7 aromatic carbocycles. The second kappa shape index (κ2) is 32.1. The van der Waals surface area contributed by atoms with Gasteiger partial charge in [-0.05, 0) is 173 Å². The molecular weight excluding hydrogens is 1180 g/mol. The van der Waals surface area contributed by atoms with Crippen molar-refractivity contribution in [1.82, 2.24) is 15.0 Å². The van der Waals surface area contributed by atoms with Crippen LogP contribution in [0.5, 0.6) is 0 Å². The molecule has 0 spiro atoms. The van der Waals surface area contributed by atoms with E-state index in [1.54, 1.807) is 11.1 Å². The molecule has 94 heavy (non-hydrogen) atoms. The van der Waals surface area contributed by atoms with Crippen LogP contribution in [0, 0.1) is 13.8 Å². The van der Waals surface area contributed by atoms with Crippen LogP contribution in [0.2, 0.25) is 0 Å². The molecule has 3 nitrogen and oxygen atoms in total. The number of hydrogen-bond donors (Lipinski definition) is 0. The third-order valence-electron chi connectivity index (χ3n) is 21.1. The van der Waals surface area contributed by atoms with Crippen molar-refractivity contribution in [3.8, 4) is 98.9 Å². The van der Waals surface area contributed by atoms with Crippen molar-refractivity contribution in [3.05, 3.63) is 209 Å². The van der Waals surface area contributed by atoms with E-state index in [0.717, 1.165) is 29.5 Å². The molecule has 0 bridgehead atoms. The molecule has 0 atom stereocenters. The lowest BCUT2D eigenvalue weighted by atomic mass is 9.70. The fourth-order valence-corrected chi connectivity index (χ4v) is 18.0. The minimum absolute atomic E-state index is 0.0504. The fourth-order valence-electron chi connectivity index (χ4n) is 16.0. The first-order chi connectivity index (χ1) is 46.2. The molecular formula is C89H103N3S2. The van der Waals surface area contributed by atoms with E-state index >= 15 is 0 Å². The van der Waals surface area contributed by atoms with Gasteiger partial charge < -0.3 is 0 Å². The number of aromatic nitrogens is 3. The average Bonchev–Trinajstić information content (AvgIpc) is 1.56. The van der Waals surface area contributed by atoms with Crippen molar-refractivity contribution in [3.63, 3.8) is 0 Å². The third-order valence-corrected chi connectivity index (χ3v) is 23.5. The van der Waals surface area contributed by atoms with E-state index in [4.69, 9.17) is 15.0 Å². The van der Waals surface area contributed by atoms with Gasteiger partial charge in [0.2, 0.25) is 0 Å². The zero-order valence-corrected chi connectivity index (χ0v) is 59.3. The Morgan fingerprint density at radius 1 is 0.266 bits per heavy atom. The van der Waals surface area contributed by atoms with Gasteiger partial charge in [0.1, 0.15) is 0 Å². The number of hydrogen-bond acceptors (Lipinski definition) is 5. The van der Waals surface area contributed by atoms with E-state index in [-0.39, 0.29) is 10.8 Å². The zero-order chi connectivity index (χ0) is 64.7. The summed E-state index contributed by atoms with van der Waals surface area (Å²) >= 11 is 3.85. The lowest BCUT2D eigenvalue weighted by molar-refractivity contribution is 0.398. The predicted octanol–water partition coefficient (Wildman–Crippen LogP) is 27.8. The van der Waals surface area contributed by atoms with Crippen LogP contribution in [-0.2, 0) is 10.8 Å². The molecule has 3 heterocycles. The van der Waals surface area contributed by atoms with Crippen LogP contribution in [-0.4, -0.2) is 15.0 Å². The van der Waals surface area contributed by atoms with Gasteiger partial charge in [0.05, 0.1) is 0 Å². The summed E-state index contributed by atoms with van der Waals surface area (Å²) in [6, 6.07) is 67.8. The van der Waals surface area contributed by atoms with Crippen molar-refractivity contribution in [2.75, 3.05) is 0 Å². The first-order valence-electron chi connectivity index (χ1n) is 37.0. The van der Waals surface area contributed by atoms with Crippen LogP contribution in [0.25, 0.3) is 98.9 Å². The SMILES string of the molecule is CCCCCCCCC1(CCCCCCCC)c2cc(C)ccc2-c2ccc(-c3cc(-c4ccc5c(c4)C(CCCCCCCC)(CCCCCCCC)c4cc(-c6ccc(-c7ccc(C)s7)s6)ccc4-5)cc(-c4nc(-c5ccccc5)nc(-c5ccccc5)n4)c3)cc21. The van der Waals surface area contributed by atoms with E-state index in [1.165, 1.54) is 253 Å². The Morgan fingerprint density at radius 2 is 0.606 bits per heavy atom. The van der Waals surface area contributed by atoms with E-state index in [2.05, 4.69) is 217 Å². The summed E-state index contributed by atoms with van der Waals surface area (Å²) in [5, 5.41) is 0. The molecule has 2 aliphatic rings. The highest BCUT2D eigenvalue weighted by Gasteiger charge is 2.44. The molecule has 0 saturated heterocycles. The molecule has 486 valence electrons. The van der Waals surface area contributed by atoms with Gasteiger partial charge in [-0.25, -0.2) is 15.0 Å². The van der Waals surface area contributed by atoms with Crippen LogP contribution in [0.4, 0.5) is 0 Å². The summed E-state index contributed by atoms with van der Waals surface area (Å²) < 4.78 is 0. The van der Waals surface area contributed by atoms with Crippen molar-refractivity contribution in [1.29, 1.82) is 0 Å². The van der Waals surface area contributed by atoms with Gasteiger partial charge in [0.15, 0.2) is 17.5 Å². The smallest absolute Gasteiger partial charge is 0.164 e. The highest BCUT2D eigenvalue weighted by Crippen LogP contribution is 2.58. The number of fused-ring (bicyclic) bond motifs is 6. The Balaban J connectivity index is 1.03. The molecule has 0 unspecified atom stereocenters. The maximum absolute atomic E-state index is 5.47. The minimum atomic E-state index is -0.121. The van der Waals surface area contributed by atoms with Crippen molar-refractivity contribution >= 4 is 22.7 Å². The highest BCUT2D eigenvalue weighted by molar-refractivity contribution is 7.23. The molecule has 10 aromatic rings. The summed E-state index contributed by atoms with van der Waals surface area (Å²) in [5.41, 5.74) is 22.3. The molecule has 0 saturated carbocycles. The maximum atomic E-state index is 5.47. The number of rotatable bonds is 35. The van der Waals surface area contributed by atoms with Gasteiger partial charge in [-0.2, -0.15) is 0 Å². The molecule has 0 aliphatic heterocycles. The largest absolute Gasteiger partial charge is 0.208 e. The molecule has 3 aromatic heterocycles. The topological polar surface area (TPSA) is 38.7 Å². The van der Waals surface area contributed by atoms with Gasteiger partial charge in [0.25, 0.3) is 0 Å². The number of unbranched alkanes of at least 4 members (excludes halogenated alkanes) is 20. The predicted molar refractivity (Wildman–Crippen MR) is 408 cm³/mol. The molecule has 5 heteroatoms. The molecule has 12 rings (SSSR count). The van der Waals surface area contributed by atoms with Gasteiger partial charge in [-0.3, -0.25) is 0 Å². The quantitative estimate of drug-likeness (QED) is 0.0372. The number of benzene rings is 7. The summed E-state index contributed by atoms with van der Waals surface area (Å²) in [6.45, 7) is 13.9. The van der Waals surface area contributed by atoms with Gasteiger partial charge >= 0.3 is 0 Å². The average molecular weight is 1280 g/mol. The Labute approximate surface area is 573 Å². The van der Waals surface area contributed by atoms with E-state index in [1.807, 2.05) is 22.7 Å². The number of thiophene rings is 2. The van der Waals surface area contributed by atoms with Crippen LogP contribution < -0.4 is 0 Å². The van der Waals surface area contributed by atoms with Crippen molar-refractivity contribution in [2.24, 2.45) is 0 Å². The van der Waals surface area contributed by atoms with Crippen LogP contribution in [0.15, 0.2) is 176 Å². The monoisotopic (exact) mass is 1280 g/mol. The maximum Gasteiger partial charge on any atom is 0.164 e. The first-order valence-corrected chi connectivity index (χ1v) is 38.6. The van der Waals surface area contributed by atoms with Gasteiger partial charge in [-0.15, -0.1) is 22.7 Å². The van der Waals surface area contributed by atoms with E-state index in [9.17, 15) is 0 Å². The highest BCUT2D eigenvalue weighted by atomic mass is 32.1. The second-order valence-corrected chi connectivity index (χ2v) is 30.3. The molecule has 0 radical (unpaired) electrons. The molecule has 0 amide bonds. The molecule has 2 aliphatic carbocycles. The third kappa shape index (κ3) is 15.1. The minimum Gasteiger partial charge on any atom is -0.208 e. The number of aryl methyl sites for hydroxylation is 2. The lowest BCUT2D eigenvalue weighted by Crippen LogP contribution is -2.25. The Bertz CT molecular complexity index is 4000. The number of nitrogens with zero attached hydrogens (tertiary/aromatic N) is 3. The van der Waals surface area contributed by atoms with Crippen LogP contribution in [0.1, 0.15) is 240 Å². The first kappa shape index (κ1) is 67.0. The van der Waals surface area contributed by atoms with Gasteiger partial charge in [0, 0.05) is 47.0 Å². The lowest BCUT2D eigenvalue weighted by Gasteiger charge is -2.33. The summed E-state index contributed by atoms with van der Waals surface area (Å²) in [6.07, 6.45) is 35.7. The summed E-state index contributed by atoms with van der Waals surface area (Å²) in [7, 11) is 0.